The van der Waals surface area contributed by atoms with Crippen molar-refractivity contribution in [3.63, 3.8) is 0 Å². The second-order valence-electron chi connectivity index (χ2n) is 9.67. The molecule has 0 radical (unpaired) electrons. The van der Waals surface area contributed by atoms with Crippen LogP contribution in [0.15, 0.2) is 53.8 Å². The van der Waals surface area contributed by atoms with Crippen LogP contribution in [-0.2, 0) is 17.1 Å². The van der Waals surface area contributed by atoms with Gasteiger partial charge in [-0.1, -0.05) is 6.07 Å². The number of hydrogen-bond acceptors (Lipinski definition) is 8. The number of sulfonamides is 1. The molecule has 0 spiro atoms. The molecule has 1 aromatic carbocycles. The Bertz CT molecular complexity index is 1530. The van der Waals surface area contributed by atoms with E-state index in [1.165, 1.54) is 18.4 Å². The molecule has 11 nitrogen and oxygen atoms in total. The van der Waals surface area contributed by atoms with Crippen LogP contribution < -0.4 is 5.32 Å². The van der Waals surface area contributed by atoms with Crippen molar-refractivity contribution in [2.45, 2.75) is 30.5 Å². The molecule has 37 heavy (non-hydrogen) atoms. The van der Waals surface area contributed by atoms with Crippen LogP contribution in [0.3, 0.4) is 0 Å². The Morgan fingerprint density at radius 3 is 2.70 bits per heavy atom. The molecular weight excluding hydrogens is 491 g/mol. The van der Waals surface area contributed by atoms with Crippen molar-refractivity contribution in [2.75, 3.05) is 32.5 Å². The van der Waals surface area contributed by atoms with E-state index < -0.39 is 17.1 Å². The SMILES string of the molecule is CB(O)N1CCCC(c2cc(Nc3cccc(S(=O)(=O)N(C)C)c3)n3ncc(-c4cnn(C)c4)c3n2)C1. The number of fused-ring (bicyclic) bond motifs is 1. The number of hydrogen-bond donors (Lipinski definition) is 2. The van der Waals surface area contributed by atoms with Gasteiger partial charge >= 0.3 is 7.05 Å². The zero-order chi connectivity index (χ0) is 26.3. The van der Waals surface area contributed by atoms with Gasteiger partial charge in [0.15, 0.2) is 5.65 Å². The topological polar surface area (TPSA) is 121 Å². The summed E-state index contributed by atoms with van der Waals surface area (Å²) in [4.78, 5) is 7.29. The lowest BCUT2D eigenvalue weighted by Crippen LogP contribution is -2.43. The summed E-state index contributed by atoms with van der Waals surface area (Å²) in [5, 5.41) is 22.5. The first-order chi connectivity index (χ1) is 17.6. The molecule has 1 fully saturated rings. The van der Waals surface area contributed by atoms with Crippen LogP contribution in [0.5, 0.6) is 0 Å². The van der Waals surface area contributed by atoms with Gasteiger partial charge in [-0.25, -0.2) is 17.7 Å². The van der Waals surface area contributed by atoms with Crippen molar-refractivity contribution in [2.24, 2.45) is 7.05 Å². The van der Waals surface area contributed by atoms with Crippen LogP contribution in [-0.4, -0.2) is 81.2 Å². The fraction of sp³-hybridized carbons (Fsp3) is 0.375. The smallest absolute Gasteiger partial charge is 0.376 e. The summed E-state index contributed by atoms with van der Waals surface area (Å²) in [7, 11) is 0.783. The number of aromatic nitrogens is 5. The Hall–Kier alpha value is -3.26. The highest BCUT2D eigenvalue weighted by Crippen LogP contribution is 2.32. The molecule has 1 saturated heterocycles. The number of nitrogens with one attached hydrogen (secondary N) is 1. The third-order valence-electron chi connectivity index (χ3n) is 6.79. The predicted molar refractivity (Wildman–Crippen MR) is 143 cm³/mol. The summed E-state index contributed by atoms with van der Waals surface area (Å²) in [5.41, 5.74) is 3.95. The minimum Gasteiger partial charge on any atom is -0.437 e. The Morgan fingerprint density at radius 2 is 2.00 bits per heavy atom. The van der Waals surface area contributed by atoms with Crippen molar-refractivity contribution in [1.82, 2.24) is 33.5 Å². The number of nitrogens with zero attached hydrogens (tertiary/aromatic N) is 7. The Kier molecular flexibility index (Phi) is 6.79. The molecule has 0 amide bonds. The minimum atomic E-state index is -3.58. The van der Waals surface area contributed by atoms with E-state index in [2.05, 4.69) is 20.3 Å². The molecule has 194 valence electrons. The normalized spacial score (nSPS) is 17.0. The standard InChI is InChI=1S/C24H31BN8O3S/c1-25(34)32-10-6-7-17(16-32)22-12-23(28-19-8-5-9-20(11-19)37(35,36)30(2)3)33-24(29-22)21(14-27-33)18-13-26-31(4)15-18/h5,8-9,11-15,17,28,34H,6-7,10,16H2,1-4H3. The number of aryl methyl sites for hydroxylation is 1. The molecule has 0 bridgehead atoms. The number of benzene rings is 1. The van der Waals surface area contributed by atoms with E-state index in [1.807, 2.05) is 25.4 Å². The molecule has 3 aromatic heterocycles. The quantitative estimate of drug-likeness (QED) is 0.355. The van der Waals surface area contributed by atoms with E-state index in [-0.39, 0.29) is 10.8 Å². The fourth-order valence-electron chi connectivity index (χ4n) is 4.72. The third-order valence-corrected chi connectivity index (χ3v) is 8.60. The molecule has 1 aliphatic heterocycles. The Balaban J connectivity index is 1.60. The maximum absolute atomic E-state index is 12.7. The molecule has 5 rings (SSSR count). The minimum absolute atomic E-state index is 0.131. The highest BCUT2D eigenvalue weighted by Gasteiger charge is 2.28. The number of piperidine rings is 1. The summed E-state index contributed by atoms with van der Waals surface area (Å²) in [6.45, 7) is 3.34. The number of rotatable bonds is 7. The maximum Gasteiger partial charge on any atom is 0.376 e. The molecule has 13 heteroatoms. The average molecular weight is 522 g/mol. The lowest BCUT2D eigenvalue weighted by Gasteiger charge is -2.33. The van der Waals surface area contributed by atoms with E-state index in [0.717, 1.165) is 36.2 Å². The Labute approximate surface area is 216 Å². The van der Waals surface area contributed by atoms with Gasteiger partial charge in [-0.15, -0.1) is 0 Å². The van der Waals surface area contributed by atoms with Crippen LogP contribution in [0.4, 0.5) is 11.5 Å². The largest absolute Gasteiger partial charge is 0.437 e. The summed E-state index contributed by atoms with van der Waals surface area (Å²) in [5.74, 6) is 0.801. The van der Waals surface area contributed by atoms with Gasteiger partial charge in [-0.2, -0.15) is 14.7 Å². The summed E-state index contributed by atoms with van der Waals surface area (Å²) >= 11 is 0. The van der Waals surface area contributed by atoms with Crippen LogP contribution in [0.2, 0.25) is 6.82 Å². The van der Waals surface area contributed by atoms with Crippen LogP contribution in [0, 0.1) is 0 Å². The highest BCUT2D eigenvalue weighted by atomic mass is 32.2. The molecule has 2 N–H and O–H groups in total. The van der Waals surface area contributed by atoms with Gasteiger partial charge in [0.2, 0.25) is 10.0 Å². The van der Waals surface area contributed by atoms with Crippen molar-refractivity contribution in [3.05, 3.63) is 54.6 Å². The van der Waals surface area contributed by atoms with Gasteiger partial charge in [0.25, 0.3) is 0 Å². The van der Waals surface area contributed by atoms with E-state index in [9.17, 15) is 13.4 Å². The van der Waals surface area contributed by atoms with Crippen LogP contribution in [0.25, 0.3) is 16.8 Å². The lowest BCUT2D eigenvalue weighted by atomic mass is 9.80. The van der Waals surface area contributed by atoms with Crippen molar-refractivity contribution < 1.29 is 13.4 Å². The average Bonchev–Trinajstić information content (AvgIpc) is 3.50. The first kappa shape index (κ1) is 25.4. The van der Waals surface area contributed by atoms with E-state index >= 15 is 0 Å². The van der Waals surface area contributed by atoms with Gasteiger partial charge in [-0.3, -0.25) is 4.68 Å². The summed E-state index contributed by atoms with van der Waals surface area (Å²) in [6.07, 6.45) is 7.39. The van der Waals surface area contributed by atoms with Gasteiger partial charge in [0.1, 0.15) is 5.82 Å². The zero-order valence-electron chi connectivity index (χ0n) is 21.4. The van der Waals surface area contributed by atoms with Crippen LogP contribution in [0.1, 0.15) is 24.5 Å². The molecule has 1 aliphatic rings. The lowest BCUT2D eigenvalue weighted by molar-refractivity contribution is 0.283. The summed E-state index contributed by atoms with van der Waals surface area (Å²) < 4.78 is 30.1. The number of anilines is 2. The van der Waals surface area contributed by atoms with E-state index in [4.69, 9.17) is 4.98 Å². The van der Waals surface area contributed by atoms with Gasteiger partial charge in [0.05, 0.1) is 23.0 Å². The van der Waals surface area contributed by atoms with Crippen molar-refractivity contribution in [1.29, 1.82) is 0 Å². The summed E-state index contributed by atoms with van der Waals surface area (Å²) in [6, 6.07) is 8.69. The predicted octanol–water partition coefficient (Wildman–Crippen LogP) is 2.41. The first-order valence-corrected chi connectivity index (χ1v) is 13.7. The van der Waals surface area contributed by atoms with Gasteiger partial charge in [0, 0.05) is 56.1 Å². The molecule has 4 heterocycles. The van der Waals surface area contributed by atoms with Gasteiger partial charge < -0.3 is 15.2 Å². The first-order valence-electron chi connectivity index (χ1n) is 12.2. The van der Waals surface area contributed by atoms with Crippen molar-refractivity contribution in [3.8, 4) is 11.1 Å². The fourth-order valence-corrected chi connectivity index (χ4v) is 5.67. The molecule has 1 atom stereocenters. The molecule has 0 aliphatic carbocycles. The Morgan fingerprint density at radius 1 is 1.19 bits per heavy atom. The van der Waals surface area contributed by atoms with E-state index in [1.54, 1.807) is 46.6 Å². The third kappa shape index (κ3) is 4.99. The molecule has 4 aromatic rings. The maximum atomic E-state index is 12.7. The second kappa shape index (κ2) is 9.90. The highest BCUT2D eigenvalue weighted by molar-refractivity contribution is 7.89. The van der Waals surface area contributed by atoms with Crippen molar-refractivity contribution >= 4 is 34.2 Å². The second-order valence-corrected chi connectivity index (χ2v) is 11.8. The zero-order valence-corrected chi connectivity index (χ0v) is 22.2. The van der Waals surface area contributed by atoms with E-state index in [0.29, 0.717) is 23.7 Å². The molecule has 1 unspecified atom stereocenters. The van der Waals surface area contributed by atoms with Crippen LogP contribution >= 0.6 is 0 Å². The molecule has 0 saturated carbocycles. The van der Waals surface area contributed by atoms with Gasteiger partial charge in [-0.05, 0) is 51.0 Å². The monoisotopic (exact) mass is 522 g/mol. The molecular formula is C24H31BN8O3S.